The Hall–Kier alpha value is -7.19. The molecule has 8 N–H and O–H groups in total. The number of carbonyl (C=O) groups is 1. The van der Waals surface area contributed by atoms with Gasteiger partial charge in [0.05, 0.1) is 5.56 Å². The second kappa shape index (κ2) is 12.7. The first-order chi connectivity index (χ1) is 24.6. The SMILES string of the molecule is C=Cc1ccc2c(-c3c(O)ccc4cc(N)ccc34)c(O)ccc2c1.O=C(O)c1cccc2c(-c3c(O)cc(O)c4ccccc34)c(O)ccc12. The highest BCUT2D eigenvalue weighted by atomic mass is 16.4. The van der Waals surface area contributed by atoms with Crippen LogP contribution in [-0.2, 0) is 0 Å². The van der Waals surface area contributed by atoms with E-state index in [0.29, 0.717) is 49.5 Å². The molecule has 0 aliphatic heterocycles. The Balaban J connectivity index is 0.000000159. The highest BCUT2D eigenvalue weighted by Gasteiger charge is 2.21. The summed E-state index contributed by atoms with van der Waals surface area (Å²) in [6, 6.07) is 34.3. The molecule has 0 heterocycles. The molecule has 8 aromatic rings. The molecule has 8 aromatic carbocycles. The number of rotatable bonds is 4. The quantitative estimate of drug-likeness (QED) is 0.0907. The molecule has 8 nitrogen and oxygen atoms in total. The highest BCUT2D eigenvalue weighted by Crippen LogP contribution is 2.48. The number of nitrogens with two attached hydrogens (primary N) is 1. The molecular formula is C43H31NO7. The van der Waals surface area contributed by atoms with Gasteiger partial charge in [-0.2, -0.15) is 0 Å². The lowest BCUT2D eigenvalue weighted by molar-refractivity contribution is 0.0699. The monoisotopic (exact) mass is 673 g/mol. The van der Waals surface area contributed by atoms with Gasteiger partial charge < -0.3 is 36.4 Å². The van der Waals surface area contributed by atoms with Crippen molar-refractivity contribution in [3.05, 3.63) is 139 Å². The van der Waals surface area contributed by atoms with E-state index in [0.717, 1.165) is 27.1 Å². The number of carboxylic acids is 1. The molecule has 250 valence electrons. The van der Waals surface area contributed by atoms with Gasteiger partial charge in [0.25, 0.3) is 0 Å². The summed E-state index contributed by atoms with van der Waals surface area (Å²) in [7, 11) is 0. The van der Waals surface area contributed by atoms with E-state index in [1.807, 2.05) is 42.5 Å². The van der Waals surface area contributed by atoms with Gasteiger partial charge in [-0.25, -0.2) is 4.79 Å². The minimum absolute atomic E-state index is 0.0761. The predicted molar refractivity (Wildman–Crippen MR) is 204 cm³/mol. The number of aromatic hydroxyl groups is 5. The lowest BCUT2D eigenvalue weighted by Gasteiger charge is -2.15. The van der Waals surface area contributed by atoms with Gasteiger partial charge in [-0.05, 0) is 91.8 Å². The molecule has 0 saturated carbocycles. The Morgan fingerprint density at radius 1 is 0.490 bits per heavy atom. The van der Waals surface area contributed by atoms with E-state index in [1.54, 1.807) is 60.7 Å². The Labute approximate surface area is 291 Å². The van der Waals surface area contributed by atoms with Crippen LogP contribution in [0.2, 0.25) is 0 Å². The molecule has 0 amide bonds. The number of phenols is 5. The molecule has 0 aromatic heterocycles. The van der Waals surface area contributed by atoms with Crippen molar-refractivity contribution in [3.63, 3.8) is 0 Å². The van der Waals surface area contributed by atoms with E-state index in [-0.39, 0.29) is 34.3 Å². The van der Waals surface area contributed by atoms with Gasteiger partial charge in [-0.1, -0.05) is 79.4 Å². The van der Waals surface area contributed by atoms with Crippen molar-refractivity contribution in [3.8, 4) is 51.0 Å². The molecule has 51 heavy (non-hydrogen) atoms. The zero-order valence-electron chi connectivity index (χ0n) is 27.0. The van der Waals surface area contributed by atoms with Crippen molar-refractivity contribution in [2.45, 2.75) is 0 Å². The van der Waals surface area contributed by atoms with Crippen LogP contribution < -0.4 is 5.73 Å². The summed E-state index contributed by atoms with van der Waals surface area (Å²) in [4.78, 5) is 11.5. The number of hydrogen-bond acceptors (Lipinski definition) is 7. The average Bonchev–Trinajstić information content (AvgIpc) is 3.12. The highest BCUT2D eigenvalue weighted by molar-refractivity contribution is 6.15. The molecule has 0 fully saturated rings. The van der Waals surface area contributed by atoms with Gasteiger partial charge >= 0.3 is 5.97 Å². The molecule has 0 spiro atoms. The number of fused-ring (bicyclic) bond motifs is 4. The van der Waals surface area contributed by atoms with Crippen LogP contribution >= 0.6 is 0 Å². The van der Waals surface area contributed by atoms with Gasteiger partial charge in [0.2, 0.25) is 0 Å². The molecule has 0 unspecified atom stereocenters. The molecule has 8 rings (SSSR count). The first-order valence-corrected chi connectivity index (χ1v) is 15.9. The zero-order valence-corrected chi connectivity index (χ0v) is 27.0. The molecule has 0 bridgehead atoms. The fraction of sp³-hybridized carbons (Fsp3) is 0. The number of aromatic carboxylic acids is 1. The van der Waals surface area contributed by atoms with E-state index in [9.17, 15) is 35.4 Å². The van der Waals surface area contributed by atoms with E-state index >= 15 is 0 Å². The van der Waals surface area contributed by atoms with Crippen LogP contribution in [0.25, 0.3) is 71.4 Å². The van der Waals surface area contributed by atoms with Gasteiger partial charge in [-0.3, -0.25) is 0 Å². The van der Waals surface area contributed by atoms with Crippen LogP contribution in [0.1, 0.15) is 15.9 Å². The van der Waals surface area contributed by atoms with E-state index in [4.69, 9.17) is 5.73 Å². The van der Waals surface area contributed by atoms with Gasteiger partial charge in [-0.15, -0.1) is 0 Å². The van der Waals surface area contributed by atoms with Crippen molar-refractivity contribution >= 4 is 60.8 Å². The van der Waals surface area contributed by atoms with Crippen molar-refractivity contribution < 1.29 is 35.4 Å². The van der Waals surface area contributed by atoms with Crippen LogP contribution in [0, 0.1) is 0 Å². The maximum absolute atomic E-state index is 11.5. The third-order valence-corrected chi connectivity index (χ3v) is 9.05. The number of anilines is 1. The smallest absolute Gasteiger partial charge is 0.336 e. The molecule has 0 aliphatic rings. The molecule has 0 radical (unpaired) electrons. The Kier molecular flexibility index (Phi) is 8.05. The fourth-order valence-electron chi connectivity index (χ4n) is 6.73. The van der Waals surface area contributed by atoms with Crippen LogP contribution in [0.15, 0.2) is 128 Å². The lowest BCUT2D eigenvalue weighted by atomic mass is 9.90. The minimum atomic E-state index is -1.08. The number of phenolic OH excluding ortho intramolecular Hbond substituents is 5. The Morgan fingerprint density at radius 2 is 1.00 bits per heavy atom. The number of benzene rings is 8. The number of nitrogen functional groups attached to an aromatic ring is 1. The molecular weight excluding hydrogens is 642 g/mol. The first kappa shape index (κ1) is 32.4. The maximum Gasteiger partial charge on any atom is 0.336 e. The molecule has 0 aliphatic carbocycles. The Bertz CT molecular complexity index is 2720. The van der Waals surface area contributed by atoms with Crippen LogP contribution in [0.4, 0.5) is 5.69 Å². The minimum Gasteiger partial charge on any atom is -0.507 e. The standard InChI is InChI=1S/C22H17NO2.C21H14O5/c1-2-13-3-7-17-14(11-13)4-9-19(24)21(17)22-18-8-6-16(23)12-15(18)5-10-20(22)25;22-16-9-8-11-13(6-3-7-15(11)21(25)26)19(16)20-14-5-2-1-4-12(14)17(23)10-18(20)24/h2-12,24-25H,1,23H2;1-10,22-24H,(H,25,26). The predicted octanol–water partition coefficient (Wildman–Crippen LogP) is 9.77. The Morgan fingerprint density at radius 3 is 1.65 bits per heavy atom. The summed E-state index contributed by atoms with van der Waals surface area (Å²) in [6.45, 7) is 3.80. The fourth-order valence-corrected chi connectivity index (χ4v) is 6.73. The normalized spacial score (nSPS) is 11.1. The second-order valence-electron chi connectivity index (χ2n) is 12.1. The van der Waals surface area contributed by atoms with E-state index in [2.05, 4.69) is 6.58 Å². The second-order valence-corrected chi connectivity index (χ2v) is 12.1. The molecule has 0 saturated heterocycles. The molecule has 0 atom stereocenters. The summed E-state index contributed by atoms with van der Waals surface area (Å²) < 4.78 is 0. The van der Waals surface area contributed by atoms with Gasteiger partial charge in [0.1, 0.15) is 28.7 Å². The zero-order chi connectivity index (χ0) is 36.0. The summed E-state index contributed by atoms with van der Waals surface area (Å²) in [5, 5.41) is 67.3. The number of hydrogen-bond donors (Lipinski definition) is 7. The first-order valence-electron chi connectivity index (χ1n) is 15.9. The summed E-state index contributed by atoms with van der Waals surface area (Å²) in [6.07, 6.45) is 1.78. The summed E-state index contributed by atoms with van der Waals surface area (Å²) >= 11 is 0. The maximum atomic E-state index is 11.5. The van der Waals surface area contributed by atoms with Crippen molar-refractivity contribution in [1.82, 2.24) is 0 Å². The third kappa shape index (κ3) is 5.60. The van der Waals surface area contributed by atoms with Crippen LogP contribution in [-0.4, -0.2) is 36.6 Å². The summed E-state index contributed by atoms with van der Waals surface area (Å²) in [5.41, 5.74) is 9.51. The van der Waals surface area contributed by atoms with Gasteiger partial charge in [0.15, 0.2) is 0 Å². The van der Waals surface area contributed by atoms with E-state index in [1.165, 1.54) is 24.3 Å². The average molecular weight is 674 g/mol. The van der Waals surface area contributed by atoms with Crippen LogP contribution in [0.5, 0.6) is 28.7 Å². The summed E-state index contributed by atoms with van der Waals surface area (Å²) in [5.74, 6) is -1.21. The topological polar surface area (TPSA) is 164 Å². The third-order valence-electron chi connectivity index (χ3n) is 9.05. The lowest BCUT2D eigenvalue weighted by Crippen LogP contribution is -1.98. The van der Waals surface area contributed by atoms with Gasteiger partial charge in [0, 0.05) is 39.4 Å². The van der Waals surface area contributed by atoms with Crippen molar-refractivity contribution in [1.29, 1.82) is 0 Å². The van der Waals surface area contributed by atoms with E-state index < -0.39 is 5.97 Å². The van der Waals surface area contributed by atoms with Crippen molar-refractivity contribution in [2.24, 2.45) is 0 Å². The van der Waals surface area contributed by atoms with Crippen molar-refractivity contribution in [2.75, 3.05) is 5.73 Å². The number of carboxylic acid groups (broad SMARTS) is 1. The molecule has 8 heteroatoms. The van der Waals surface area contributed by atoms with Crippen LogP contribution in [0.3, 0.4) is 0 Å². The largest absolute Gasteiger partial charge is 0.507 e.